The third-order valence-electron chi connectivity index (χ3n) is 2.91. The number of aliphatic carboxylic acids is 1. The van der Waals surface area contributed by atoms with Crippen molar-refractivity contribution in [2.45, 2.75) is 43.7 Å². The predicted molar refractivity (Wildman–Crippen MR) is 93.9 cm³/mol. The van der Waals surface area contributed by atoms with Crippen molar-refractivity contribution in [2.24, 2.45) is 0 Å². The molecule has 1 atom stereocenters. The number of carbonyl (C=O) groups excluding carboxylic acids is 1. The molecule has 0 fully saturated rings. The number of amides is 1. The number of halogens is 2. The number of rotatable bonds is 6. The first kappa shape index (κ1) is 21.5. The quantitative estimate of drug-likeness (QED) is 0.743. The van der Waals surface area contributed by atoms with Crippen molar-refractivity contribution in [2.75, 3.05) is 5.75 Å². The highest BCUT2D eigenvalue weighted by atomic mass is 35.5. The highest BCUT2D eigenvalue weighted by Crippen LogP contribution is 2.25. The van der Waals surface area contributed by atoms with Gasteiger partial charge in [0.15, 0.2) is 9.84 Å². The molecule has 0 spiro atoms. The van der Waals surface area contributed by atoms with Gasteiger partial charge in [-0.3, -0.25) is 0 Å². The molecule has 10 heteroatoms. The lowest BCUT2D eigenvalue weighted by Crippen LogP contribution is -2.44. The summed E-state index contributed by atoms with van der Waals surface area (Å²) in [7, 11) is -3.80. The topological polar surface area (TPSA) is 110 Å². The Morgan fingerprint density at radius 3 is 2.32 bits per heavy atom. The van der Waals surface area contributed by atoms with E-state index in [0.29, 0.717) is 0 Å². The van der Waals surface area contributed by atoms with E-state index < -0.39 is 39.3 Å². The van der Waals surface area contributed by atoms with E-state index in [4.69, 9.17) is 33.0 Å². The zero-order chi connectivity index (χ0) is 19.4. The third kappa shape index (κ3) is 7.09. The molecular weight excluding hydrogens is 393 g/mol. The second-order valence-corrected chi connectivity index (χ2v) is 9.14. The second-order valence-electron chi connectivity index (χ2n) is 6.22. The van der Waals surface area contributed by atoms with Crippen LogP contribution in [0.4, 0.5) is 4.79 Å². The number of ether oxygens (including phenoxy) is 1. The summed E-state index contributed by atoms with van der Waals surface area (Å²) in [5, 5.41) is 11.6. The van der Waals surface area contributed by atoms with Crippen molar-refractivity contribution in [3.8, 4) is 0 Å². The Morgan fingerprint density at radius 1 is 1.24 bits per heavy atom. The van der Waals surface area contributed by atoms with Crippen molar-refractivity contribution in [3.63, 3.8) is 0 Å². The van der Waals surface area contributed by atoms with Gasteiger partial charge in [0.2, 0.25) is 0 Å². The second kappa shape index (κ2) is 8.25. The Labute approximate surface area is 156 Å². The molecule has 0 aliphatic rings. The van der Waals surface area contributed by atoms with Crippen LogP contribution in [0.25, 0.3) is 0 Å². The molecule has 1 amide bonds. The number of hydrogen-bond acceptors (Lipinski definition) is 5. The summed E-state index contributed by atoms with van der Waals surface area (Å²) >= 11 is 11.5. The van der Waals surface area contributed by atoms with Crippen molar-refractivity contribution in [3.05, 3.63) is 28.2 Å². The van der Waals surface area contributed by atoms with Gasteiger partial charge in [0, 0.05) is 0 Å². The van der Waals surface area contributed by atoms with Crippen molar-refractivity contribution < 1.29 is 27.9 Å². The van der Waals surface area contributed by atoms with E-state index in [9.17, 15) is 18.0 Å². The Balaban J connectivity index is 2.81. The fourth-order valence-corrected chi connectivity index (χ4v) is 3.49. The van der Waals surface area contributed by atoms with Crippen molar-refractivity contribution in [1.29, 1.82) is 0 Å². The highest BCUT2D eigenvalue weighted by molar-refractivity contribution is 7.91. The molecule has 0 aliphatic heterocycles. The monoisotopic (exact) mass is 411 g/mol. The van der Waals surface area contributed by atoms with Gasteiger partial charge in [0.25, 0.3) is 0 Å². The van der Waals surface area contributed by atoms with Gasteiger partial charge in [-0.2, -0.15) is 0 Å². The Kier molecular flexibility index (Phi) is 7.10. The summed E-state index contributed by atoms with van der Waals surface area (Å²) in [6.45, 7) is 4.87. The number of carboxylic acid groups (broad SMARTS) is 1. The van der Waals surface area contributed by atoms with Crippen LogP contribution in [0.3, 0.4) is 0 Å². The fraction of sp³-hybridized carbons (Fsp3) is 0.467. The highest BCUT2D eigenvalue weighted by Gasteiger charge is 2.26. The lowest BCUT2D eigenvalue weighted by atomic mass is 10.2. The molecule has 0 radical (unpaired) electrons. The molecule has 0 bridgehead atoms. The Hall–Kier alpha value is -1.51. The summed E-state index contributed by atoms with van der Waals surface area (Å²) < 4.78 is 29.6. The maximum absolute atomic E-state index is 12.3. The molecule has 0 aliphatic carbocycles. The number of benzene rings is 1. The maximum atomic E-state index is 12.3. The van der Waals surface area contributed by atoms with Gasteiger partial charge in [0.1, 0.15) is 11.6 Å². The first-order chi connectivity index (χ1) is 11.3. The van der Waals surface area contributed by atoms with E-state index in [-0.39, 0.29) is 21.4 Å². The van der Waals surface area contributed by atoms with Crippen LogP contribution in [-0.2, 0) is 19.4 Å². The fourth-order valence-electron chi connectivity index (χ4n) is 1.77. The van der Waals surface area contributed by atoms with E-state index in [1.165, 1.54) is 18.2 Å². The molecule has 0 aromatic heterocycles. The normalized spacial score (nSPS) is 13.2. The number of hydrogen-bond donors (Lipinski definition) is 2. The summed E-state index contributed by atoms with van der Waals surface area (Å²) in [5.74, 6) is -1.87. The lowest BCUT2D eigenvalue weighted by Gasteiger charge is -2.22. The van der Waals surface area contributed by atoms with Gasteiger partial charge in [-0.15, -0.1) is 0 Å². The summed E-state index contributed by atoms with van der Waals surface area (Å²) in [6.07, 6.45) is -1.27. The molecule has 1 aromatic carbocycles. The van der Waals surface area contributed by atoms with Gasteiger partial charge in [-0.1, -0.05) is 23.2 Å². The number of carboxylic acids is 1. The smallest absolute Gasteiger partial charge is 0.408 e. The van der Waals surface area contributed by atoms with Crippen molar-refractivity contribution in [1.82, 2.24) is 5.32 Å². The first-order valence-corrected chi connectivity index (χ1v) is 9.63. The largest absolute Gasteiger partial charge is 0.480 e. The summed E-state index contributed by atoms with van der Waals surface area (Å²) in [6, 6.07) is 2.40. The van der Waals surface area contributed by atoms with Gasteiger partial charge in [-0.05, 0) is 45.4 Å². The van der Waals surface area contributed by atoms with Crippen LogP contribution >= 0.6 is 23.2 Å². The molecule has 1 rings (SSSR count). The zero-order valence-electron chi connectivity index (χ0n) is 13.9. The predicted octanol–water partition coefficient (Wildman–Crippen LogP) is 3.14. The van der Waals surface area contributed by atoms with E-state index in [1.807, 2.05) is 0 Å². The van der Waals surface area contributed by atoms with E-state index >= 15 is 0 Å². The van der Waals surface area contributed by atoms with Crippen LogP contribution in [0.1, 0.15) is 27.2 Å². The lowest BCUT2D eigenvalue weighted by molar-refractivity contribution is -0.139. The van der Waals surface area contributed by atoms with Crippen molar-refractivity contribution >= 4 is 45.1 Å². The molecule has 2 N–H and O–H groups in total. The van der Waals surface area contributed by atoms with Crippen LogP contribution in [0.15, 0.2) is 23.1 Å². The minimum Gasteiger partial charge on any atom is -0.480 e. The number of alkyl carbamates (subject to hydrolysis) is 1. The molecule has 1 unspecified atom stereocenters. The molecule has 25 heavy (non-hydrogen) atoms. The zero-order valence-corrected chi connectivity index (χ0v) is 16.2. The van der Waals surface area contributed by atoms with Crippen LogP contribution in [0, 0.1) is 0 Å². The average molecular weight is 412 g/mol. The Bertz CT molecular complexity index is 758. The van der Waals surface area contributed by atoms with Crippen LogP contribution in [0.5, 0.6) is 0 Å². The number of carbonyl (C=O) groups is 2. The van der Waals surface area contributed by atoms with Crippen LogP contribution in [-0.4, -0.2) is 43.0 Å². The van der Waals surface area contributed by atoms with E-state index in [2.05, 4.69) is 5.32 Å². The van der Waals surface area contributed by atoms with Gasteiger partial charge >= 0.3 is 12.1 Å². The number of nitrogens with one attached hydrogen (secondary N) is 1. The summed E-state index contributed by atoms with van der Waals surface area (Å²) in [4.78, 5) is 22.8. The number of sulfone groups is 1. The molecule has 7 nitrogen and oxygen atoms in total. The van der Waals surface area contributed by atoms with Gasteiger partial charge in [0.05, 0.1) is 20.7 Å². The van der Waals surface area contributed by atoms with E-state index in [1.54, 1.807) is 20.8 Å². The molecule has 1 aromatic rings. The first-order valence-electron chi connectivity index (χ1n) is 7.22. The average Bonchev–Trinajstić information content (AvgIpc) is 2.44. The van der Waals surface area contributed by atoms with Gasteiger partial charge in [-0.25, -0.2) is 18.0 Å². The SMILES string of the molecule is CC(C)(C)OC(=O)NC(CCS(=O)(=O)c1ccc(Cl)c(Cl)c1)C(=O)O. The summed E-state index contributed by atoms with van der Waals surface area (Å²) in [5.41, 5.74) is -0.806. The minimum absolute atomic E-state index is 0.0735. The molecule has 140 valence electrons. The maximum Gasteiger partial charge on any atom is 0.408 e. The Morgan fingerprint density at radius 2 is 1.84 bits per heavy atom. The van der Waals surface area contributed by atoms with Gasteiger partial charge < -0.3 is 15.2 Å². The van der Waals surface area contributed by atoms with E-state index in [0.717, 1.165) is 0 Å². The molecule has 0 saturated heterocycles. The standard InChI is InChI=1S/C15H19Cl2NO6S/c1-15(2,3)24-14(21)18-12(13(19)20)6-7-25(22,23)9-4-5-10(16)11(17)8-9/h4-5,8,12H,6-7H2,1-3H3,(H,18,21)(H,19,20). The van der Waals surface area contributed by atoms with Crippen LogP contribution in [0.2, 0.25) is 10.0 Å². The molecular formula is C15H19Cl2NO6S. The molecule has 0 saturated carbocycles. The third-order valence-corrected chi connectivity index (χ3v) is 5.40. The minimum atomic E-state index is -3.80. The molecule has 0 heterocycles. The van der Waals surface area contributed by atoms with Crippen LogP contribution < -0.4 is 5.32 Å².